The van der Waals surface area contributed by atoms with E-state index in [-0.39, 0.29) is 17.3 Å². The lowest BCUT2D eigenvalue weighted by Gasteiger charge is -1.99. The summed E-state index contributed by atoms with van der Waals surface area (Å²) in [5.41, 5.74) is 1.16. The van der Waals surface area contributed by atoms with E-state index in [9.17, 15) is 9.50 Å². The van der Waals surface area contributed by atoms with Gasteiger partial charge in [-0.2, -0.15) is 4.98 Å². The summed E-state index contributed by atoms with van der Waals surface area (Å²) in [7, 11) is 0. The molecule has 17 heavy (non-hydrogen) atoms. The van der Waals surface area contributed by atoms with E-state index >= 15 is 0 Å². The maximum atomic E-state index is 13.6. The molecule has 4 nitrogen and oxygen atoms in total. The number of aromatic nitrogens is 2. The molecule has 0 saturated heterocycles. The van der Waals surface area contributed by atoms with Crippen LogP contribution in [0.3, 0.4) is 0 Å². The van der Waals surface area contributed by atoms with Crippen LogP contribution in [0.2, 0.25) is 0 Å². The first-order valence-electron chi connectivity index (χ1n) is 5.40. The number of hydrogen-bond acceptors (Lipinski definition) is 4. The minimum Gasteiger partial charge on any atom is -0.385 e. The van der Waals surface area contributed by atoms with Gasteiger partial charge in [-0.1, -0.05) is 23.7 Å². The molecule has 0 aliphatic carbocycles. The topological polar surface area (TPSA) is 59.2 Å². The Kier molecular flexibility index (Phi) is 3.19. The summed E-state index contributed by atoms with van der Waals surface area (Å²) in [5, 5.41) is 13.2. The van der Waals surface area contributed by atoms with Crippen molar-refractivity contribution < 1.29 is 14.0 Å². The van der Waals surface area contributed by atoms with Crippen LogP contribution in [0.25, 0.3) is 11.5 Å². The van der Waals surface area contributed by atoms with Gasteiger partial charge in [-0.05, 0) is 25.5 Å². The smallest absolute Gasteiger partial charge is 0.261 e. The van der Waals surface area contributed by atoms with E-state index in [1.807, 2.05) is 6.92 Å². The molecular formula is C12H13FN2O2. The minimum atomic E-state index is -0.777. The number of aliphatic hydroxyl groups is 1. The average Bonchev–Trinajstić information content (AvgIpc) is 2.80. The van der Waals surface area contributed by atoms with Crippen LogP contribution in [-0.4, -0.2) is 15.2 Å². The molecule has 1 N–H and O–H groups in total. The van der Waals surface area contributed by atoms with Crippen molar-refractivity contribution in [1.82, 2.24) is 10.1 Å². The molecule has 0 aliphatic rings. The summed E-state index contributed by atoms with van der Waals surface area (Å²) in [6.07, 6.45) is -0.296. The van der Waals surface area contributed by atoms with E-state index in [0.717, 1.165) is 5.56 Å². The molecule has 0 fully saturated rings. The molecule has 0 saturated carbocycles. The molecule has 2 rings (SSSR count). The highest BCUT2D eigenvalue weighted by molar-refractivity contribution is 5.55. The summed E-state index contributed by atoms with van der Waals surface area (Å²) in [6, 6.07) is 4.65. The maximum absolute atomic E-state index is 13.6. The van der Waals surface area contributed by atoms with Gasteiger partial charge in [0.25, 0.3) is 5.89 Å². The van der Waals surface area contributed by atoms with Gasteiger partial charge in [-0.3, -0.25) is 0 Å². The molecule has 90 valence electrons. The molecule has 0 aliphatic heterocycles. The zero-order valence-electron chi connectivity index (χ0n) is 9.64. The second-order valence-electron chi connectivity index (χ2n) is 3.87. The molecule has 1 heterocycles. The van der Waals surface area contributed by atoms with Crippen molar-refractivity contribution in [3.8, 4) is 11.5 Å². The third-order valence-corrected chi connectivity index (χ3v) is 2.48. The number of halogens is 1. The lowest BCUT2D eigenvalue weighted by molar-refractivity contribution is 0.159. The predicted octanol–water partition coefficient (Wildman–Crippen LogP) is 2.63. The van der Waals surface area contributed by atoms with E-state index < -0.39 is 11.9 Å². The van der Waals surface area contributed by atoms with Gasteiger partial charge in [0.2, 0.25) is 5.82 Å². The van der Waals surface area contributed by atoms with Crippen molar-refractivity contribution in [2.24, 2.45) is 0 Å². The van der Waals surface area contributed by atoms with Crippen LogP contribution in [0.1, 0.15) is 30.8 Å². The lowest BCUT2D eigenvalue weighted by atomic mass is 10.1. The third kappa shape index (κ3) is 2.34. The largest absolute Gasteiger partial charge is 0.385 e. The quantitative estimate of drug-likeness (QED) is 0.889. The normalized spacial score (nSPS) is 12.7. The standard InChI is InChI=1S/C12H13FN2O2/c1-3-10(16)11-14-12(17-15-11)8-6-7(2)4-5-9(8)13/h4-6,10,16H,3H2,1-2H3. The second kappa shape index (κ2) is 4.63. The van der Waals surface area contributed by atoms with Crippen LogP contribution >= 0.6 is 0 Å². The molecule has 0 amide bonds. The van der Waals surface area contributed by atoms with Crippen molar-refractivity contribution in [3.63, 3.8) is 0 Å². The molecule has 0 radical (unpaired) electrons. The third-order valence-electron chi connectivity index (χ3n) is 2.48. The molecule has 2 aromatic rings. The Morgan fingerprint density at radius 1 is 1.47 bits per heavy atom. The van der Waals surface area contributed by atoms with Crippen molar-refractivity contribution >= 4 is 0 Å². The SMILES string of the molecule is CCC(O)c1noc(-c2cc(C)ccc2F)n1. The number of rotatable bonds is 3. The number of hydrogen-bond donors (Lipinski definition) is 1. The molecule has 1 atom stereocenters. The molecule has 0 bridgehead atoms. The van der Waals surface area contributed by atoms with E-state index in [0.29, 0.717) is 6.42 Å². The first-order valence-corrected chi connectivity index (χ1v) is 5.40. The van der Waals surface area contributed by atoms with Gasteiger partial charge in [-0.25, -0.2) is 4.39 Å². The van der Waals surface area contributed by atoms with E-state index in [1.54, 1.807) is 19.1 Å². The van der Waals surface area contributed by atoms with E-state index in [4.69, 9.17) is 4.52 Å². The number of aryl methyl sites for hydroxylation is 1. The van der Waals surface area contributed by atoms with Crippen molar-refractivity contribution in [2.75, 3.05) is 0 Å². The summed E-state index contributed by atoms with van der Waals surface area (Å²) in [4.78, 5) is 3.99. The molecule has 0 spiro atoms. The second-order valence-corrected chi connectivity index (χ2v) is 3.87. The highest BCUT2D eigenvalue weighted by Gasteiger charge is 2.17. The molecule has 1 aromatic carbocycles. The Hall–Kier alpha value is -1.75. The number of aliphatic hydroxyl groups excluding tert-OH is 1. The lowest BCUT2D eigenvalue weighted by Crippen LogP contribution is -1.97. The fourth-order valence-corrected chi connectivity index (χ4v) is 1.47. The van der Waals surface area contributed by atoms with Crippen molar-refractivity contribution in [3.05, 3.63) is 35.4 Å². The van der Waals surface area contributed by atoms with Crippen LogP contribution in [0, 0.1) is 12.7 Å². The highest BCUT2D eigenvalue weighted by Crippen LogP contribution is 2.24. The van der Waals surface area contributed by atoms with Gasteiger partial charge in [0.1, 0.15) is 11.9 Å². The van der Waals surface area contributed by atoms with Gasteiger partial charge < -0.3 is 9.63 Å². The Morgan fingerprint density at radius 2 is 2.24 bits per heavy atom. The van der Waals surface area contributed by atoms with Gasteiger partial charge in [0.15, 0.2) is 0 Å². The Labute approximate surface area is 98.1 Å². The Balaban J connectivity index is 2.40. The Morgan fingerprint density at radius 3 is 2.94 bits per heavy atom. The van der Waals surface area contributed by atoms with Crippen LogP contribution in [-0.2, 0) is 0 Å². The first kappa shape index (κ1) is 11.7. The van der Waals surface area contributed by atoms with Gasteiger partial charge in [-0.15, -0.1) is 0 Å². The van der Waals surface area contributed by atoms with Crippen molar-refractivity contribution in [2.45, 2.75) is 26.4 Å². The molecule has 1 aromatic heterocycles. The van der Waals surface area contributed by atoms with Gasteiger partial charge in [0.05, 0.1) is 5.56 Å². The zero-order valence-corrected chi connectivity index (χ0v) is 9.64. The van der Waals surface area contributed by atoms with Crippen LogP contribution < -0.4 is 0 Å². The summed E-state index contributed by atoms with van der Waals surface area (Å²) in [5.74, 6) is -0.145. The van der Waals surface area contributed by atoms with E-state index in [2.05, 4.69) is 10.1 Å². The monoisotopic (exact) mass is 236 g/mol. The average molecular weight is 236 g/mol. The number of nitrogens with zero attached hydrogens (tertiary/aromatic N) is 2. The fraction of sp³-hybridized carbons (Fsp3) is 0.333. The molecular weight excluding hydrogens is 223 g/mol. The van der Waals surface area contributed by atoms with Gasteiger partial charge >= 0.3 is 0 Å². The maximum Gasteiger partial charge on any atom is 0.261 e. The summed E-state index contributed by atoms with van der Waals surface area (Å²) >= 11 is 0. The van der Waals surface area contributed by atoms with Crippen LogP contribution in [0.15, 0.2) is 22.7 Å². The first-order chi connectivity index (χ1) is 8.11. The number of benzene rings is 1. The van der Waals surface area contributed by atoms with E-state index in [1.165, 1.54) is 6.07 Å². The van der Waals surface area contributed by atoms with Crippen LogP contribution in [0.5, 0.6) is 0 Å². The predicted molar refractivity (Wildman–Crippen MR) is 59.7 cm³/mol. The molecule has 1 unspecified atom stereocenters. The zero-order chi connectivity index (χ0) is 12.4. The summed E-state index contributed by atoms with van der Waals surface area (Å²) < 4.78 is 18.5. The molecule has 5 heteroatoms. The van der Waals surface area contributed by atoms with Crippen LogP contribution in [0.4, 0.5) is 4.39 Å². The van der Waals surface area contributed by atoms with Gasteiger partial charge in [0, 0.05) is 0 Å². The fourth-order valence-electron chi connectivity index (χ4n) is 1.47. The van der Waals surface area contributed by atoms with Crippen molar-refractivity contribution in [1.29, 1.82) is 0 Å². The highest BCUT2D eigenvalue weighted by atomic mass is 19.1. The summed E-state index contributed by atoms with van der Waals surface area (Å²) in [6.45, 7) is 3.65. The Bertz CT molecular complexity index is 525. The minimum absolute atomic E-state index is 0.0914.